The van der Waals surface area contributed by atoms with Crippen LogP contribution in [0.15, 0.2) is 79.1 Å². The summed E-state index contributed by atoms with van der Waals surface area (Å²) >= 11 is 0. The van der Waals surface area contributed by atoms with Crippen LogP contribution in [0.3, 0.4) is 0 Å². The molecular formula is C39H57N2+. The molecule has 1 unspecified atom stereocenters. The maximum Gasteiger partial charge on any atom is 0.294 e. The van der Waals surface area contributed by atoms with Crippen LogP contribution in [0.2, 0.25) is 0 Å². The molecule has 222 valence electrons. The van der Waals surface area contributed by atoms with Crippen LogP contribution in [-0.2, 0) is 12.5 Å². The number of hydrogen-bond acceptors (Lipinski definition) is 0. The van der Waals surface area contributed by atoms with Crippen LogP contribution in [0, 0.1) is 0 Å². The summed E-state index contributed by atoms with van der Waals surface area (Å²) in [5.41, 5.74) is 9.64. The van der Waals surface area contributed by atoms with Gasteiger partial charge in [-0.25, -0.2) is 4.57 Å². The van der Waals surface area contributed by atoms with Crippen LogP contribution in [-0.4, -0.2) is 4.57 Å². The summed E-state index contributed by atoms with van der Waals surface area (Å²) in [6.07, 6.45) is 7.98. The van der Waals surface area contributed by atoms with E-state index in [1.807, 2.05) is 27.7 Å². The summed E-state index contributed by atoms with van der Waals surface area (Å²) in [4.78, 5) is 0. The first-order valence-electron chi connectivity index (χ1n) is 16.1. The monoisotopic (exact) mass is 553 g/mol. The average Bonchev–Trinajstić information content (AvgIpc) is 3.39. The van der Waals surface area contributed by atoms with Crippen molar-refractivity contribution in [2.24, 2.45) is 7.05 Å². The van der Waals surface area contributed by atoms with E-state index in [4.69, 9.17) is 0 Å². The van der Waals surface area contributed by atoms with E-state index >= 15 is 0 Å². The predicted molar refractivity (Wildman–Crippen MR) is 181 cm³/mol. The standard InChI is InChI=1S/C35H45N2.2C2H6/c1-9-20-35(7,10-2)32-19-15-14-18-29(32)34-36(8)21-22-37(34)33-30(25(3)4)23-28(24-31(33)26(5)6)27-16-12-11-13-17-27;2*1-2/h11-19,21-26H,9-10,20H2,1-8H3;2*1-2H3/q+1;;. The Balaban J connectivity index is 0.00000141. The quantitative estimate of drug-likeness (QED) is 0.182. The highest BCUT2D eigenvalue weighted by Crippen LogP contribution is 2.41. The first kappa shape index (κ1) is 34.1. The highest BCUT2D eigenvalue weighted by Gasteiger charge is 2.33. The molecule has 1 aromatic heterocycles. The van der Waals surface area contributed by atoms with Crippen molar-refractivity contribution < 1.29 is 4.57 Å². The Labute approximate surface area is 252 Å². The molecule has 1 atom stereocenters. The molecule has 0 N–H and O–H groups in total. The molecule has 0 fully saturated rings. The van der Waals surface area contributed by atoms with E-state index in [0.29, 0.717) is 11.8 Å². The summed E-state index contributed by atoms with van der Waals surface area (Å²) in [7, 11) is 2.19. The molecular weight excluding hydrogens is 496 g/mol. The number of aromatic nitrogens is 2. The van der Waals surface area contributed by atoms with Crippen LogP contribution < -0.4 is 4.57 Å². The van der Waals surface area contributed by atoms with Crippen molar-refractivity contribution in [1.82, 2.24) is 4.57 Å². The summed E-state index contributed by atoms with van der Waals surface area (Å²) in [5, 5.41) is 0. The zero-order chi connectivity index (χ0) is 30.7. The van der Waals surface area contributed by atoms with Gasteiger partial charge in [-0.2, -0.15) is 4.57 Å². The molecule has 2 nitrogen and oxygen atoms in total. The first-order chi connectivity index (χ1) is 19.7. The molecule has 4 rings (SSSR count). The first-order valence-corrected chi connectivity index (χ1v) is 16.1. The number of benzene rings is 3. The van der Waals surface area contributed by atoms with Crippen molar-refractivity contribution in [3.05, 3.63) is 95.8 Å². The van der Waals surface area contributed by atoms with Gasteiger partial charge in [0.15, 0.2) is 0 Å². The fourth-order valence-corrected chi connectivity index (χ4v) is 5.87. The van der Waals surface area contributed by atoms with E-state index in [-0.39, 0.29) is 5.41 Å². The molecule has 0 spiro atoms. The van der Waals surface area contributed by atoms with Gasteiger partial charge in [0.1, 0.15) is 18.1 Å². The Bertz CT molecular complexity index is 1310. The van der Waals surface area contributed by atoms with E-state index in [2.05, 4.69) is 144 Å². The number of nitrogens with zero attached hydrogens (tertiary/aromatic N) is 2. The third-order valence-corrected chi connectivity index (χ3v) is 8.16. The van der Waals surface area contributed by atoms with Gasteiger partial charge in [0.2, 0.25) is 0 Å². The smallest absolute Gasteiger partial charge is 0.232 e. The number of hydrogen-bond donors (Lipinski definition) is 0. The third kappa shape index (κ3) is 7.39. The van der Waals surface area contributed by atoms with Gasteiger partial charge < -0.3 is 0 Å². The minimum absolute atomic E-state index is 0.145. The highest BCUT2D eigenvalue weighted by molar-refractivity contribution is 5.71. The summed E-state index contributed by atoms with van der Waals surface area (Å²) < 4.78 is 4.78. The molecule has 2 heteroatoms. The Hall–Kier alpha value is -3.13. The Morgan fingerprint density at radius 2 is 1.29 bits per heavy atom. The second kappa shape index (κ2) is 15.8. The van der Waals surface area contributed by atoms with Crippen molar-refractivity contribution >= 4 is 0 Å². The third-order valence-electron chi connectivity index (χ3n) is 8.16. The fourth-order valence-electron chi connectivity index (χ4n) is 5.87. The zero-order valence-electron chi connectivity index (χ0n) is 28.2. The van der Waals surface area contributed by atoms with Crippen LogP contribution in [0.4, 0.5) is 0 Å². The van der Waals surface area contributed by atoms with Gasteiger partial charge in [0.25, 0.3) is 5.82 Å². The van der Waals surface area contributed by atoms with Crippen LogP contribution >= 0.6 is 0 Å². The number of rotatable bonds is 9. The van der Waals surface area contributed by atoms with Gasteiger partial charge in [0, 0.05) is 11.1 Å². The van der Waals surface area contributed by atoms with E-state index < -0.39 is 0 Å². The van der Waals surface area contributed by atoms with Gasteiger partial charge in [-0.3, -0.25) is 0 Å². The maximum atomic E-state index is 2.47. The maximum absolute atomic E-state index is 2.47. The lowest BCUT2D eigenvalue weighted by Crippen LogP contribution is -2.31. The molecule has 3 aromatic carbocycles. The normalized spacial score (nSPS) is 12.3. The lowest BCUT2D eigenvalue weighted by Gasteiger charge is -2.30. The Morgan fingerprint density at radius 1 is 0.756 bits per heavy atom. The molecule has 41 heavy (non-hydrogen) atoms. The Kier molecular flexibility index (Phi) is 13.1. The molecule has 0 aliphatic rings. The van der Waals surface area contributed by atoms with Crippen molar-refractivity contribution in [1.29, 1.82) is 0 Å². The van der Waals surface area contributed by atoms with Crippen LogP contribution in [0.1, 0.15) is 124 Å². The largest absolute Gasteiger partial charge is 0.294 e. The van der Waals surface area contributed by atoms with Crippen molar-refractivity contribution in [3.8, 4) is 28.2 Å². The van der Waals surface area contributed by atoms with Gasteiger partial charge in [-0.05, 0) is 65.0 Å². The number of imidazole rings is 1. The van der Waals surface area contributed by atoms with E-state index in [1.54, 1.807) is 0 Å². The summed E-state index contributed by atoms with van der Waals surface area (Å²) in [5.74, 6) is 2.04. The van der Waals surface area contributed by atoms with E-state index in [0.717, 1.165) is 6.42 Å². The van der Waals surface area contributed by atoms with Crippen molar-refractivity contribution in [3.63, 3.8) is 0 Å². The van der Waals surface area contributed by atoms with Gasteiger partial charge in [-0.15, -0.1) is 0 Å². The topological polar surface area (TPSA) is 8.81 Å². The lowest BCUT2D eigenvalue weighted by atomic mass is 9.74. The van der Waals surface area contributed by atoms with E-state index in [9.17, 15) is 0 Å². The molecule has 0 aliphatic carbocycles. The number of aryl methyl sites for hydroxylation is 1. The second-order valence-corrected chi connectivity index (χ2v) is 11.5. The molecule has 1 heterocycles. The minimum Gasteiger partial charge on any atom is -0.232 e. The zero-order valence-corrected chi connectivity index (χ0v) is 28.2. The molecule has 0 radical (unpaired) electrons. The summed E-state index contributed by atoms with van der Waals surface area (Å²) in [6, 6.07) is 24.7. The molecule has 0 saturated carbocycles. The highest BCUT2D eigenvalue weighted by atomic mass is 15.1. The van der Waals surface area contributed by atoms with Crippen molar-refractivity contribution in [2.45, 2.75) is 113 Å². The molecule has 0 amide bonds. The lowest BCUT2D eigenvalue weighted by molar-refractivity contribution is -0.659. The molecule has 0 bridgehead atoms. The average molecular weight is 554 g/mol. The summed E-state index contributed by atoms with van der Waals surface area (Å²) in [6.45, 7) is 24.4. The molecule has 4 aromatic rings. The second-order valence-electron chi connectivity index (χ2n) is 11.5. The Morgan fingerprint density at radius 3 is 1.80 bits per heavy atom. The molecule has 0 aliphatic heterocycles. The fraction of sp³-hybridized carbons (Fsp3) is 0.462. The van der Waals surface area contributed by atoms with Crippen molar-refractivity contribution in [2.75, 3.05) is 0 Å². The molecule has 0 saturated heterocycles. The van der Waals surface area contributed by atoms with Gasteiger partial charge in [-0.1, -0.05) is 131 Å². The van der Waals surface area contributed by atoms with Gasteiger partial charge >= 0.3 is 0 Å². The van der Waals surface area contributed by atoms with Gasteiger partial charge in [0.05, 0.1) is 12.6 Å². The van der Waals surface area contributed by atoms with Crippen LogP contribution in [0.25, 0.3) is 28.2 Å². The van der Waals surface area contributed by atoms with E-state index in [1.165, 1.54) is 57.7 Å². The van der Waals surface area contributed by atoms with Crippen LogP contribution in [0.5, 0.6) is 0 Å². The predicted octanol–water partition coefficient (Wildman–Crippen LogP) is 11.4. The minimum atomic E-state index is 0.145. The SMILES string of the molecule is CC.CC.CCCC(C)(CC)c1ccccc1-c1n(-c2c(C(C)C)cc(-c3ccccc3)cc2C(C)C)cc[n+]1C.